The van der Waals surface area contributed by atoms with Crippen molar-refractivity contribution >= 4 is 60.3 Å². The van der Waals surface area contributed by atoms with Crippen LogP contribution in [0.15, 0.2) is 63.1 Å². The molecule has 39 heavy (non-hydrogen) atoms. The number of carbonyl (C=O) groups excluding carboxylic acids is 1. The molecular formula is C26H26FMgN3O6S2. The van der Waals surface area contributed by atoms with Gasteiger partial charge in [-0.1, -0.05) is 18.2 Å². The average molecular weight is 584 g/mol. The minimum atomic E-state index is -4.33. The first-order valence-corrected chi connectivity index (χ1v) is 15.8. The molecule has 2 aromatic rings. The van der Waals surface area contributed by atoms with Crippen molar-refractivity contribution in [3.05, 3.63) is 70.7 Å². The maximum absolute atomic E-state index is 13.9. The molecule has 4 atom stereocenters. The number of fused-ring (bicyclic) bond motifs is 6. The van der Waals surface area contributed by atoms with Crippen LogP contribution in [-0.4, -0.2) is 68.8 Å². The number of benzene rings is 2. The Morgan fingerprint density at radius 1 is 1.13 bits per heavy atom. The second-order valence-corrected chi connectivity index (χ2v) is 14.3. The third-order valence-corrected chi connectivity index (χ3v) is 10.2. The molecule has 6 rings (SSSR count). The first-order chi connectivity index (χ1) is 17.9. The third-order valence-electron chi connectivity index (χ3n) is 7.98. The summed E-state index contributed by atoms with van der Waals surface area (Å²) in [5, 5.41) is 16.6. The molecule has 2 fully saturated rings. The van der Waals surface area contributed by atoms with E-state index >= 15 is 0 Å². The zero-order valence-electron chi connectivity index (χ0n) is 22.1. The maximum Gasteiger partial charge on any atom is 2.00 e. The number of carbonyl (C=O) groups is 1. The Bertz CT molecular complexity index is 1650. The van der Waals surface area contributed by atoms with E-state index in [0.29, 0.717) is 5.56 Å². The normalized spacial score (nSPS) is 26.9. The van der Waals surface area contributed by atoms with Crippen LogP contribution in [0.25, 0.3) is 0 Å². The van der Waals surface area contributed by atoms with Gasteiger partial charge in [0.15, 0.2) is 15.7 Å². The Hall–Kier alpha value is -2.48. The molecule has 0 spiro atoms. The molecule has 2 aliphatic heterocycles. The average Bonchev–Trinajstić information content (AvgIpc) is 3.45. The molecule has 2 aliphatic carbocycles. The quantitative estimate of drug-likeness (QED) is 0.529. The van der Waals surface area contributed by atoms with E-state index in [4.69, 9.17) is 0 Å². The van der Waals surface area contributed by atoms with Crippen LogP contribution in [-0.2, 0) is 37.0 Å². The van der Waals surface area contributed by atoms with Crippen molar-refractivity contribution in [2.24, 2.45) is 22.2 Å². The number of hydrogen-bond acceptors (Lipinski definition) is 7. The zero-order chi connectivity index (χ0) is 27.0. The third kappa shape index (κ3) is 4.98. The van der Waals surface area contributed by atoms with Crippen LogP contribution in [0.1, 0.15) is 31.8 Å². The first kappa shape index (κ1) is 28.1. The molecule has 2 unspecified atom stereocenters. The van der Waals surface area contributed by atoms with Crippen LogP contribution in [0.4, 0.5) is 10.1 Å². The molecule has 9 nitrogen and oxygen atoms in total. The van der Waals surface area contributed by atoms with Gasteiger partial charge >= 0.3 is 23.1 Å². The van der Waals surface area contributed by atoms with Gasteiger partial charge in [0.2, 0.25) is 0 Å². The van der Waals surface area contributed by atoms with Crippen molar-refractivity contribution in [3.8, 4) is 0 Å². The van der Waals surface area contributed by atoms with Gasteiger partial charge in [-0.25, -0.2) is 12.8 Å². The van der Waals surface area contributed by atoms with Crippen LogP contribution >= 0.6 is 0 Å². The van der Waals surface area contributed by atoms with Gasteiger partial charge in [-0.15, -0.1) is 10.2 Å². The van der Waals surface area contributed by atoms with Crippen LogP contribution in [0.2, 0.25) is 0 Å². The van der Waals surface area contributed by atoms with Gasteiger partial charge in [0.1, 0.15) is 10.7 Å². The fourth-order valence-corrected chi connectivity index (χ4v) is 8.47. The maximum atomic E-state index is 13.9. The van der Waals surface area contributed by atoms with E-state index in [2.05, 4.69) is 9.71 Å². The molecule has 202 valence electrons. The summed E-state index contributed by atoms with van der Waals surface area (Å²) in [5.41, 5.74) is 0.795. The van der Waals surface area contributed by atoms with Gasteiger partial charge in [0, 0.05) is 18.8 Å². The minimum Gasteiger partial charge on any atom is -1.00 e. The van der Waals surface area contributed by atoms with Crippen molar-refractivity contribution in [2.45, 2.75) is 42.5 Å². The summed E-state index contributed by atoms with van der Waals surface area (Å²) in [6, 6.07) is 9.64. The monoisotopic (exact) mass is 583 g/mol. The van der Waals surface area contributed by atoms with Gasteiger partial charge in [-0.2, -0.15) is 8.42 Å². The van der Waals surface area contributed by atoms with Crippen molar-refractivity contribution in [3.63, 3.8) is 0 Å². The molecular weight excluding hydrogens is 558 g/mol. The smallest absolute Gasteiger partial charge is 1.00 e. The van der Waals surface area contributed by atoms with E-state index in [0.717, 1.165) is 25.5 Å². The number of amides is 1. The molecule has 2 heterocycles. The van der Waals surface area contributed by atoms with Crippen LogP contribution in [0.3, 0.4) is 0 Å². The standard InChI is InChI=1S/C26H26FN3O6S2.Mg.H/c1-37(33,34)13-15-4-9-19-20(10-15)38(35,36)29-25(28-19)22-24(31)21-16-5-6-17(11-16)23(21)30(26(22)32)12-14-2-7-18(27)8-3-14;;/h2-4,7-10,16-17,21,23,31H,5-6,11-13H2,1H3,(H,28,29);;/q;+2;-1/p-1/t16-,17+,21?,23?;;/m0../s1. The largest absolute Gasteiger partial charge is 2.00 e. The van der Waals surface area contributed by atoms with E-state index < -0.39 is 43.3 Å². The van der Waals surface area contributed by atoms with E-state index in [1.165, 1.54) is 30.3 Å². The summed E-state index contributed by atoms with van der Waals surface area (Å²) < 4.78 is 67.0. The van der Waals surface area contributed by atoms with Crippen molar-refractivity contribution in [1.82, 2.24) is 4.90 Å². The first-order valence-electron chi connectivity index (χ1n) is 12.3. The number of anilines is 1. The number of rotatable bonds is 5. The molecule has 2 saturated carbocycles. The molecule has 2 bridgehead atoms. The number of hydrogen-bond donors (Lipinski definition) is 1. The second kappa shape index (κ2) is 9.86. The van der Waals surface area contributed by atoms with E-state index in [1.807, 2.05) is 0 Å². The molecule has 2 aromatic carbocycles. The van der Waals surface area contributed by atoms with E-state index in [-0.39, 0.29) is 82.2 Å². The number of sulfone groups is 1. The van der Waals surface area contributed by atoms with Crippen molar-refractivity contribution in [1.29, 1.82) is 0 Å². The number of nitrogens with zero attached hydrogens (tertiary/aromatic N) is 2. The number of halogens is 1. The number of amidine groups is 1. The zero-order valence-corrected chi connectivity index (χ0v) is 24.2. The summed E-state index contributed by atoms with van der Waals surface area (Å²) in [6.07, 6.45) is 3.66. The Labute approximate surface area is 243 Å². The molecule has 0 aromatic heterocycles. The minimum absolute atomic E-state index is 0. The summed E-state index contributed by atoms with van der Waals surface area (Å²) in [6.45, 7) is 0.158. The molecule has 4 aliphatic rings. The Kier molecular flexibility index (Phi) is 7.09. The predicted molar refractivity (Wildman–Crippen MR) is 142 cm³/mol. The predicted octanol–water partition coefficient (Wildman–Crippen LogP) is 1.69. The van der Waals surface area contributed by atoms with Crippen LogP contribution < -0.4 is 10.4 Å². The van der Waals surface area contributed by atoms with Crippen LogP contribution in [0.5, 0.6) is 0 Å². The van der Waals surface area contributed by atoms with E-state index in [9.17, 15) is 31.1 Å². The van der Waals surface area contributed by atoms with Gasteiger partial charge in [0.25, 0.3) is 15.9 Å². The molecule has 13 heteroatoms. The number of sulfonamides is 1. The summed E-state index contributed by atoms with van der Waals surface area (Å²) in [4.78, 5) is 15.3. The fourth-order valence-electron chi connectivity index (χ4n) is 6.52. The van der Waals surface area contributed by atoms with Crippen molar-refractivity contribution in [2.75, 3.05) is 11.6 Å². The van der Waals surface area contributed by atoms with Crippen molar-refractivity contribution < 1.29 is 32.6 Å². The number of nitrogens with one attached hydrogen (secondary N) is 1. The summed E-state index contributed by atoms with van der Waals surface area (Å²) in [7, 11) is -7.74. The molecule has 1 amide bonds. The van der Waals surface area contributed by atoms with Gasteiger partial charge in [-0.05, 0) is 72.4 Å². The van der Waals surface area contributed by atoms with Gasteiger partial charge < -0.3 is 16.7 Å². The molecule has 1 N–H and O–H groups in total. The van der Waals surface area contributed by atoms with Gasteiger partial charge in [0.05, 0.1) is 17.0 Å². The Morgan fingerprint density at radius 2 is 1.79 bits per heavy atom. The Morgan fingerprint density at radius 3 is 2.49 bits per heavy atom. The van der Waals surface area contributed by atoms with Gasteiger partial charge in [-0.3, -0.25) is 4.79 Å². The summed E-state index contributed by atoms with van der Waals surface area (Å²) >= 11 is 0. The van der Waals surface area contributed by atoms with E-state index in [1.54, 1.807) is 17.0 Å². The second-order valence-electron chi connectivity index (χ2n) is 10.6. The SMILES string of the molecule is CS(=O)(=O)Cc1ccc2c(c1)S(=O)(=O)N=C(C1=C([O-])C3C([C@@H]4CC[C@H]3C4)N(Cc3ccc(F)cc3)C1=O)N2.[H-].[Mg+2]. The molecule has 0 radical (unpaired) electrons. The fraction of sp³-hybridized carbons (Fsp3) is 0.385. The molecule has 0 saturated heterocycles. The topological polar surface area (TPSA) is 136 Å². The summed E-state index contributed by atoms with van der Waals surface area (Å²) in [5.74, 6) is -2.25. The van der Waals surface area contributed by atoms with Crippen LogP contribution in [0, 0.1) is 23.6 Å². The Balaban J connectivity index is 0.00000185.